The van der Waals surface area contributed by atoms with E-state index in [9.17, 15) is 4.79 Å². The molecule has 5 rings (SSSR count). The Morgan fingerprint density at radius 3 is 2.40 bits per heavy atom. The number of carbonyl (C=O) groups excluding carboxylic acids is 1. The van der Waals surface area contributed by atoms with Crippen LogP contribution in [0.15, 0.2) is 72.8 Å². The molecule has 2 amide bonds. The van der Waals surface area contributed by atoms with Crippen molar-refractivity contribution in [2.75, 3.05) is 29.9 Å². The first-order chi connectivity index (χ1) is 17.0. The Morgan fingerprint density at radius 2 is 1.71 bits per heavy atom. The normalized spacial score (nSPS) is 15.6. The Labute approximate surface area is 208 Å². The SMILES string of the molecule is C[C@H]1CN(C(=O)Nc2ccc(Cl)cc2)CCN1c1nnc(-c2ccc(C#N)cc2)c2ccccc12. The number of nitrogens with one attached hydrogen (secondary N) is 1. The van der Waals surface area contributed by atoms with E-state index in [1.54, 1.807) is 36.4 Å². The van der Waals surface area contributed by atoms with E-state index in [-0.39, 0.29) is 12.1 Å². The lowest BCUT2D eigenvalue weighted by molar-refractivity contribution is 0.200. The molecule has 1 fully saturated rings. The number of anilines is 2. The van der Waals surface area contributed by atoms with Gasteiger partial charge in [0, 0.05) is 52.7 Å². The molecule has 174 valence electrons. The van der Waals surface area contributed by atoms with Crippen LogP contribution in [0.1, 0.15) is 12.5 Å². The fourth-order valence-electron chi connectivity index (χ4n) is 4.41. The van der Waals surface area contributed by atoms with Crippen molar-refractivity contribution in [1.82, 2.24) is 15.1 Å². The zero-order valence-corrected chi connectivity index (χ0v) is 19.9. The minimum absolute atomic E-state index is 0.0539. The lowest BCUT2D eigenvalue weighted by Crippen LogP contribution is -2.55. The standard InChI is InChI=1S/C27H23ClN6O/c1-18-17-33(27(35)30-22-12-10-21(28)11-13-22)14-15-34(18)26-24-5-3-2-4-23(24)25(31-32-26)20-8-6-19(16-29)7-9-20/h2-13,18H,14-15,17H2,1H3,(H,30,35)/t18-/m0/s1. The molecular formula is C27H23ClN6O. The van der Waals surface area contributed by atoms with Gasteiger partial charge in [0.25, 0.3) is 0 Å². The van der Waals surface area contributed by atoms with Crippen LogP contribution in [0.4, 0.5) is 16.3 Å². The number of hydrogen-bond acceptors (Lipinski definition) is 5. The van der Waals surface area contributed by atoms with Crippen molar-refractivity contribution in [3.05, 3.63) is 83.4 Å². The summed E-state index contributed by atoms with van der Waals surface area (Å²) in [7, 11) is 0. The first-order valence-corrected chi connectivity index (χ1v) is 11.8. The minimum Gasteiger partial charge on any atom is -0.348 e. The topological polar surface area (TPSA) is 85.2 Å². The maximum atomic E-state index is 12.8. The van der Waals surface area contributed by atoms with Crippen molar-refractivity contribution in [1.29, 1.82) is 5.26 Å². The maximum absolute atomic E-state index is 12.8. The first-order valence-electron chi connectivity index (χ1n) is 11.4. The summed E-state index contributed by atoms with van der Waals surface area (Å²) in [4.78, 5) is 16.8. The van der Waals surface area contributed by atoms with E-state index in [1.165, 1.54) is 0 Å². The molecule has 0 unspecified atom stereocenters. The van der Waals surface area contributed by atoms with Gasteiger partial charge in [0.05, 0.1) is 11.6 Å². The Bertz CT molecular complexity index is 1410. The fourth-order valence-corrected chi connectivity index (χ4v) is 4.54. The third kappa shape index (κ3) is 4.61. The van der Waals surface area contributed by atoms with Crippen LogP contribution >= 0.6 is 11.6 Å². The predicted molar refractivity (Wildman–Crippen MR) is 139 cm³/mol. The van der Waals surface area contributed by atoms with E-state index in [1.807, 2.05) is 35.2 Å². The summed E-state index contributed by atoms with van der Waals surface area (Å²) in [6, 6.07) is 24.6. The second kappa shape index (κ2) is 9.61. The number of halogens is 1. The van der Waals surface area contributed by atoms with Gasteiger partial charge >= 0.3 is 6.03 Å². The van der Waals surface area contributed by atoms with Crippen molar-refractivity contribution in [2.45, 2.75) is 13.0 Å². The molecule has 1 aliphatic rings. The highest BCUT2D eigenvalue weighted by molar-refractivity contribution is 6.30. The lowest BCUT2D eigenvalue weighted by Gasteiger charge is -2.40. The summed E-state index contributed by atoms with van der Waals surface area (Å²) in [6.45, 7) is 3.86. The zero-order chi connectivity index (χ0) is 24.4. The average Bonchev–Trinajstić information content (AvgIpc) is 2.89. The molecule has 0 bridgehead atoms. The summed E-state index contributed by atoms with van der Waals surface area (Å²) in [5, 5.41) is 23.9. The Kier molecular flexibility index (Phi) is 6.21. The number of benzene rings is 3. The van der Waals surface area contributed by atoms with Crippen molar-refractivity contribution in [2.24, 2.45) is 0 Å². The van der Waals surface area contributed by atoms with Crippen molar-refractivity contribution in [3.8, 4) is 17.3 Å². The molecule has 1 aliphatic heterocycles. The third-order valence-electron chi connectivity index (χ3n) is 6.24. The lowest BCUT2D eigenvalue weighted by atomic mass is 10.0. The van der Waals surface area contributed by atoms with Crippen LogP contribution in [0.2, 0.25) is 5.02 Å². The quantitative estimate of drug-likeness (QED) is 0.413. The molecule has 0 aliphatic carbocycles. The van der Waals surface area contributed by atoms with Crippen LogP contribution in [0.3, 0.4) is 0 Å². The van der Waals surface area contributed by atoms with Gasteiger partial charge in [0.15, 0.2) is 5.82 Å². The van der Waals surface area contributed by atoms with E-state index in [2.05, 4.69) is 39.5 Å². The molecular weight excluding hydrogens is 460 g/mol. The van der Waals surface area contributed by atoms with E-state index >= 15 is 0 Å². The summed E-state index contributed by atoms with van der Waals surface area (Å²) >= 11 is 5.94. The molecule has 4 aromatic rings. The minimum atomic E-state index is -0.133. The van der Waals surface area contributed by atoms with E-state index in [4.69, 9.17) is 16.9 Å². The number of rotatable bonds is 3. The molecule has 1 aromatic heterocycles. The van der Waals surface area contributed by atoms with Crippen LogP contribution < -0.4 is 10.2 Å². The zero-order valence-electron chi connectivity index (χ0n) is 19.1. The van der Waals surface area contributed by atoms with Gasteiger partial charge in [-0.25, -0.2) is 4.79 Å². The third-order valence-corrected chi connectivity index (χ3v) is 6.49. The molecule has 1 atom stereocenters. The van der Waals surface area contributed by atoms with Crippen LogP contribution in [0, 0.1) is 11.3 Å². The summed E-state index contributed by atoms with van der Waals surface area (Å²) in [5.74, 6) is 0.809. The van der Waals surface area contributed by atoms with Crippen molar-refractivity contribution < 1.29 is 4.79 Å². The molecule has 0 radical (unpaired) electrons. The fraction of sp³-hybridized carbons (Fsp3) is 0.185. The molecule has 3 aromatic carbocycles. The van der Waals surface area contributed by atoms with Gasteiger partial charge in [0.1, 0.15) is 5.69 Å². The maximum Gasteiger partial charge on any atom is 0.321 e. The predicted octanol–water partition coefficient (Wildman–Crippen LogP) is 5.56. The monoisotopic (exact) mass is 482 g/mol. The number of carbonyl (C=O) groups is 1. The number of nitriles is 1. The molecule has 0 saturated carbocycles. The molecule has 7 nitrogen and oxygen atoms in total. The highest BCUT2D eigenvalue weighted by Crippen LogP contribution is 2.33. The molecule has 1 saturated heterocycles. The average molecular weight is 483 g/mol. The molecule has 35 heavy (non-hydrogen) atoms. The van der Waals surface area contributed by atoms with Crippen LogP contribution in [0.5, 0.6) is 0 Å². The number of nitrogens with zero attached hydrogens (tertiary/aromatic N) is 5. The smallest absolute Gasteiger partial charge is 0.321 e. The van der Waals surface area contributed by atoms with Gasteiger partial charge in [-0.05, 0) is 43.3 Å². The summed E-state index contributed by atoms with van der Waals surface area (Å²) in [5.41, 5.74) is 3.01. The number of aromatic nitrogens is 2. The summed E-state index contributed by atoms with van der Waals surface area (Å²) < 4.78 is 0. The Morgan fingerprint density at radius 1 is 1.00 bits per heavy atom. The number of amides is 2. The van der Waals surface area contributed by atoms with Gasteiger partial charge in [-0.2, -0.15) is 5.26 Å². The van der Waals surface area contributed by atoms with Crippen LogP contribution in [-0.2, 0) is 0 Å². The number of fused-ring (bicyclic) bond motifs is 1. The highest BCUT2D eigenvalue weighted by Gasteiger charge is 2.29. The van der Waals surface area contributed by atoms with E-state index in [0.29, 0.717) is 35.9 Å². The van der Waals surface area contributed by atoms with Crippen molar-refractivity contribution >= 4 is 39.9 Å². The van der Waals surface area contributed by atoms with Gasteiger partial charge in [-0.15, -0.1) is 10.2 Å². The van der Waals surface area contributed by atoms with E-state index < -0.39 is 0 Å². The molecule has 2 heterocycles. The van der Waals surface area contributed by atoms with Crippen molar-refractivity contribution in [3.63, 3.8) is 0 Å². The summed E-state index contributed by atoms with van der Waals surface area (Å²) in [6.07, 6.45) is 0. The molecule has 8 heteroatoms. The Balaban J connectivity index is 1.38. The second-order valence-corrected chi connectivity index (χ2v) is 8.97. The number of piperazine rings is 1. The van der Waals surface area contributed by atoms with Gasteiger partial charge in [0.2, 0.25) is 0 Å². The van der Waals surface area contributed by atoms with Gasteiger partial charge < -0.3 is 15.1 Å². The van der Waals surface area contributed by atoms with Gasteiger partial charge in [-0.3, -0.25) is 0 Å². The molecule has 0 spiro atoms. The number of urea groups is 1. The molecule has 1 N–H and O–H groups in total. The number of hydrogen-bond donors (Lipinski definition) is 1. The van der Waals surface area contributed by atoms with Gasteiger partial charge in [-0.1, -0.05) is 48.0 Å². The largest absolute Gasteiger partial charge is 0.348 e. The Hall–Kier alpha value is -4.15. The van der Waals surface area contributed by atoms with Crippen LogP contribution in [0.25, 0.3) is 22.0 Å². The van der Waals surface area contributed by atoms with E-state index in [0.717, 1.165) is 27.8 Å². The second-order valence-electron chi connectivity index (χ2n) is 8.53. The van der Waals surface area contributed by atoms with Crippen LogP contribution in [-0.4, -0.2) is 46.8 Å². The highest BCUT2D eigenvalue weighted by atomic mass is 35.5. The first kappa shape index (κ1) is 22.6.